The summed E-state index contributed by atoms with van der Waals surface area (Å²) < 4.78 is 92.9. The molecule has 2 aromatic rings. The molecule has 170 valence electrons. The summed E-state index contributed by atoms with van der Waals surface area (Å²) in [5, 5.41) is 10.4. The van der Waals surface area contributed by atoms with Crippen LogP contribution in [0.15, 0.2) is 36.4 Å². The third-order valence-electron chi connectivity index (χ3n) is 4.79. The number of benzene rings is 2. The fraction of sp³-hybridized carbons (Fsp3) is 0.350. The molecule has 0 unspecified atom stereocenters. The van der Waals surface area contributed by atoms with Crippen LogP contribution in [0.2, 0.25) is 0 Å². The van der Waals surface area contributed by atoms with E-state index in [1.165, 1.54) is 32.4 Å². The SMILES string of the molecule is CCc1cc(C(=O)N(C)OC)ccc1-c1ccc(C(O)(C(F)(F)F)C(F)(F)F)cc1F. The van der Waals surface area contributed by atoms with Crippen LogP contribution in [0.3, 0.4) is 0 Å². The second kappa shape index (κ2) is 8.46. The fourth-order valence-electron chi connectivity index (χ4n) is 2.99. The first-order chi connectivity index (χ1) is 14.2. The summed E-state index contributed by atoms with van der Waals surface area (Å²) in [6.45, 7) is 1.67. The summed E-state index contributed by atoms with van der Waals surface area (Å²) in [4.78, 5) is 17.0. The molecule has 1 N–H and O–H groups in total. The lowest BCUT2D eigenvalue weighted by Crippen LogP contribution is -2.53. The summed E-state index contributed by atoms with van der Waals surface area (Å²) >= 11 is 0. The first-order valence-corrected chi connectivity index (χ1v) is 8.80. The Bertz CT molecular complexity index is 956. The molecule has 2 aromatic carbocycles. The average molecular weight is 453 g/mol. The van der Waals surface area contributed by atoms with Gasteiger partial charge in [-0.2, -0.15) is 26.3 Å². The third kappa shape index (κ3) is 4.38. The van der Waals surface area contributed by atoms with Gasteiger partial charge in [-0.3, -0.25) is 9.63 Å². The van der Waals surface area contributed by atoms with Crippen LogP contribution in [-0.4, -0.2) is 42.6 Å². The summed E-state index contributed by atoms with van der Waals surface area (Å²) in [5.41, 5.74) is -6.43. The molecule has 2 rings (SSSR count). The molecule has 0 heterocycles. The van der Waals surface area contributed by atoms with Crippen molar-refractivity contribution in [3.8, 4) is 11.1 Å². The number of rotatable bonds is 5. The Morgan fingerprint density at radius 1 is 1.00 bits per heavy atom. The average Bonchev–Trinajstić information content (AvgIpc) is 2.69. The molecule has 0 spiro atoms. The lowest BCUT2D eigenvalue weighted by molar-refractivity contribution is -0.376. The van der Waals surface area contributed by atoms with Gasteiger partial charge in [0.2, 0.25) is 0 Å². The minimum Gasteiger partial charge on any atom is -0.369 e. The van der Waals surface area contributed by atoms with E-state index in [0.29, 0.717) is 11.6 Å². The number of hydroxylamine groups is 2. The molecule has 0 saturated carbocycles. The van der Waals surface area contributed by atoms with Gasteiger partial charge in [-0.05, 0) is 35.7 Å². The first kappa shape index (κ1) is 24.6. The van der Waals surface area contributed by atoms with Crippen LogP contribution in [0.5, 0.6) is 0 Å². The van der Waals surface area contributed by atoms with E-state index in [-0.39, 0.29) is 29.2 Å². The van der Waals surface area contributed by atoms with Crippen LogP contribution < -0.4 is 0 Å². The summed E-state index contributed by atoms with van der Waals surface area (Å²) in [7, 11) is 2.63. The second-order valence-corrected chi connectivity index (χ2v) is 6.61. The number of aliphatic hydroxyl groups is 1. The van der Waals surface area contributed by atoms with E-state index < -0.39 is 35.2 Å². The smallest absolute Gasteiger partial charge is 0.369 e. The number of nitrogens with zero attached hydrogens (tertiary/aromatic N) is 1. The van der Waals surface area contributed by atoms with E-state index in [0.717, 1.165) is 11.1 Å². The van der Waals surface area contributed by atoms with Crippen LogP contribution >= 0.6 is 0 Å². The summed E-state index contributed by atoms with van der Waals surface area (Å²) in [6, 6.07) is 5.17. The predicted octanol–water partition coefficient (Wildman–Crippen LogP) is 5.00. The molecule has 0 aliphatic heterocycles. The number of hydrogen-bond acceptors (Lipinski definition) is 3. The maximum atomic E-state index is 14.7. The Morgan fingerprint density at radius 3 is 2.00 bits per heavy atom. The van der Waals surface area contributed by atoms with Crippen molar-refractivity contribution in [2.24, 2.45) is 0 Å². The van der Waals surface area contributed by atoms with Crippen LogP contribution in [0.1, 0.15) is 28.4 Å². The van der Waals surface area contributed by atoms with E-state index in [1.54, 1.807) is 6.92 Å². The Morgan fingerprint density at radius 2 is 1.55 bits per heavy atom. The number of carbonyl (C=O) groups is 1. The van der Waals surface area contributed by atoms with Crippen molar-refractivity contribution in [3.05, 3.63) is 58.9 Å². The van der Waals surface area contributed by atoms with Gasteiger partial charge in [-0.25, -0.2) is 9.45 Å². The van der Waals surface area contributed by atoms with Crippen molar-refractivity contribution in [2.45, 2.75) is 31.3 Å². The van der Waals surface area contributed by atoms with Gasteiger partial charge in [0.05, 0.1) is 7.11 Å². The van der Waals surface area contributed by atoms with Gasteiger partial charge in [-0.1, -0.05) is 25.1 Å². The predicted molar refractivity (Wildman–Crippen MR) is 96.3 cm³/mol. The molecular weight excluding hydrogens is 435 g/mol. The zero-order valence-electron chi connectivity index (χ0n) is 16.5. The molecule has 0 aliphatic rings. The maximum Gasteiger partial charge on any atom is 0.430 e. The number of amides is 1. The highest BCUT2D eigenvalue weighted by molar-refractivity contribution is 5.94. The molecule has 0 fully saturated rings. The lowest BCUT2D eigenvalue weighted by atomic mass is 9.89. The minimum absolute atomic E-state index is 0.00746. The zero-order valence-corrected chi connectivity index (χ0v) is 16.5. The molecule has 0 saturated heterocycles. The third-order valence-corrected chi connectivity index (χ3v) is 4.79. The van der Waals surface area contributed by atoms with Gasteiger partial charge in [-0.15, -0.1) is 0 Å². The summed E-state index contributed by atoms with van der Waals surface area (Å²) in [6.07, 6.45) is -12.0. The number of aryl methyl sites for hydroxylation is 1. The van der Waals surface area contributed by atoms with E-state index in [4.69, 9.17) is 4.84 Å². The van der Waals surface area contributed by atoms with Gasteiger partial charge in [0, 0.05) is 23.7 Å². The first-order valence-electron chi connectivity index (χ1n) is 8.80. The molecule has 1 amide bonds. The van der Waals surface area contributed by atoms with Crippen LogP contribution in [0.4, 0.5) is 30.7 Å². The second-order valence-electron chi connectivity index (χ2n) is 6.61. The molecule has 4 nitrogen and oxygen atoms in total. The lowest BCUT2D eigenvalue weighted by Gasteiger charge is -2.32. The molecule has 31 heavy (non-hydrogen) atoms. The van der Waals surface area contributed by atoms with Gasteiger partial charge >= 0.3 is 12.4 Å². The van der Waals surface area contributed by atoms with Crippen molar-refractivity contribution >= 4 is 5.91 Å². The normalized spacial score (nSPS) is 12.7. The van der Waals surface area contributed by atoms with E-state index >= 15 is 0 Å². The molecule has 0 bridgehead atoms. The van der Waals surface area contributed by atoms with Crippen molar-refractivity contribution in [1.29, 1.82) is 0 Å². The Balaban J connectivity index is 2.59. The standard InChI is InChI=1S/C20H18F7NO3/c1-4-11-9-12(17(29)28(2)31-3)5-7-14(11)15-8-6-13(10-16(15)21)18(30,19(22,23)24)20(25,26)27/h5-10,30H,4H2,1-3H3. The van der Waals surface area contributed by atoms with Crippen molar-refractivity contribution < 1.29 is 45.5 Å². The van der Waals surface area contributed by atoms with E-state index in [1.807, 2.05) is 0 Å². The zero-order chi connectivity index (χ0) is 23.8. The van der Waals surface area contributed by atoms with E-state index in [9.17, 15) is 40.6 Å². The van der Waals surface area contributed by atoms with Crippen LogP contribution in [-0.2, 0) is 16.9 Å². The summed E-state index contributed by atoms with van der Waals surface area (Å²) in [5.74, 6) is -1.91. The van der Waals surface area contributed by atoms with Gasteiger partial charge in [0.1, 0.15) is 5.82 Å². The highest BCUT2D eigenvalue weighted by atomic mass is 19.4. The van der Waals surface area contributed by atoms with E-state index in [2.05, 4.69) is 0 Å². The Kier molecular flexibility index (Phi) is 6.72. The number of carbonyl (C=O) groups excluding carboxylic acids is 1. The highest BCUT2D eigenvalue weighted by Crippen LogP contribution is 2.50. The Hall–Kier alpha value is -2.66. The van der Waals surface area contributed by atoms with Crippen molar-refractivity contribution in [1.82, 2.24) is 5.06 Å². The molecule has 11 heteroatoms. The molecule has 0 radical (unpaired) electrons. The van der Waals surface area contributed by atoms with Crippen molar-refractivity contribution in [2.75, 3.05) is 14.2 Å². The van der Waals surface area contributed by atoms with Gasteiger partial charge in [0.25, 0.3) is 11.5 Å². The topological polar surface area (TPSA) is 49.8 Å². The molecule has 0 atom stereocenters. The minimum atomic E-state index is -6.12. The van der Waals surface area contributed by atoms with Crippen molar-refractivity contribution in [3.63, 3.8) is 0 Å². The van der Waals surface area contributed by atoms with Gasteiger partial charge < -0.3 is 5.11 Å². The van der Waals surface area contributed by atoms with Gasteiger partial charge in [0.15, 0.2) is 0 Å². The number of halogens is 7. The maximum absolute atomic E-state index is 14.7. The van der Waals surface area contributed by atoms with Crippen LogP contribution in [0.25, 0.3) is 11.1 Å². The number of hydrogen-bond donors (Lipinski definition) is 1. The molecular formula is C20H18F7NO3. The molecule has 0 aromatic heterocycles. The largest absolute Gasteiger partial charge is 0.430 e. The molecule has 0 aliphatic carbocycles. The monoisotopic (exact) mass is 453 g/mol. The highest BCUT2D eigenvalue weighted by Gasteiger charge is 2.71. The number of alkyl halides is 6. The quantitative estimate of drug-likeness (QED) is 0.512. The Labute approximate surface area is 172 Å². The fourth-order valence-corrected chi connectivity index (χ4v) is 2.99. The van der Waals surface area contributed by atoms with Crippen LogP contribution in [0, 0.1) is 5.82 Å².